The molecule has 0 heterocycles. The van der Waals surface area contributed by atoms with Gasteiger partial charge < -0.3 is 4.74 Å². The normalized spacial score (nSPS) is 16.1. The van der Waals surface area contributed by atoms with Crippen LogP contribution in [-0.4, -0.2) is 20.8 Å². The Morgan fingerprint density at radius 3 is 2.75 bits per heavy atom. The van der Waals surface area contributed by atoms with Crippen LogP contribution in [0.4, 0.5) is 0 Å². The zero-order valence-electron chi connectivity index (χ0n) is 9.35. The Balaban J connectivity index is 2.12. The molecular weight excluding hydrogens is 224 g/mol. The van der Waals surface area contributed by atoms with Crippen molar-refractivity contribution in [2.45, 2.75) is 24.7 Å². The van der Waals surface area contributed by atoms with Crippen molar-refractivity contribution < 1.29 is 13.2 Å². The van der Waals surface area contributed by atoms with Gasteiger partial charge in [0.15, 0.2) is 9.84 Å². The third-order valence-corrected chi connectivity index (χ3v) is 4.46. The first-order valence-corrected chi connectivity index (χ1v) is 7.22. The average Bonchev–Trinajstić information content (AvgIpc) is 3.11. The topological polar surface area (TPSA) is 43.4 Å². The van der Waals surface area contributed by atoms with Crippen molar-refractivity contribution in [1.82, 2.24) is 0 Å². The second-order valence-electron chi connectivity index (χ2n) is 4.13. The van der Waals surface area contributed by atoms with E-state index in [-0.39, 0.29) is 5.75 Å². The van der Waals surface area contributed by atoms with Crippen LogP contribution in [0.25, 0.3) is 0 Å². The Kier molecular flexibility index (Phi) is 3.19. The van der Waals surface area contributed by atoms with E-state index < -0.39 is 9.84 Å². The van der Waals surface area contributed by atoms with Gasteiger partial charge in [0.25, 0.3) is 0 Å². The molecule has 0 N–H and O–H groups in total. The number of ether oxygens (including phenoxy) is 1. The van der Waals surface area contributed by atoms with E-state index in [4.69, 9.17) is 4.74 Å². The molecule has 0 spiro atoms. The van der Waals surface area contributed by atoms with Crippen molar-refractivity contribution in [1.29, 1.82) is 0 Å². The standard InChI is InChI=1S/C12H16O3S/c1-2-16(13,14)12-5-3-4-11(8-12)15-9-10-6-7-10/h3-5,8,10H,2,6-7,9H2,1H3. The van der Waals surface area contributed by atoms with Crippen molar-refractivity contribution in [2.24, 2.45) is 5.92 Å². The van der Waals surface area contributed by atoms with Crippen LogP contribution in [0, 0.1) is 5.92 Å². The molecule has 88 valence electrons. The fraction of sp³-hybridized carbons (Fsp3) is 0.500. The van der Waals surface area contributed by atoms with Gasteiger partial charge in [0.1, 0.15) is 5.75 Å². The number of hydrogen-bond donors (Lipinski definition) is 0. The predicted molar refractivity (Wildman–Crippen MR) is 62.4 cm³/mol. The molecule has 1 aromatic carbocycles. The molecule has 2 rings (SSSR count). The van der Waals surface area contributed by atoms with Gasteiger partial charge in [0, 0.05) is 0 Å². The van der Waals surface area contributed by atoms with Crippen molar-refractivity contribution >= 4 is 9.84 Å². The van der Waals surface area contributed by atoms with Crippen LogP contribution in [0.2, 0.25) is 0 Å². The van der Waals surface area contributed by atoms with Gasteiger partial charge in [-0.3, -0.25) is 0 Å². The molecule has 0 radical (unpaired) electrons. The minimum atomic E-state index is -3.12. The summed E-state index contributed by atoms with van der Waals surface area (Å²) in [5.74, 6) is 1.45. The lowest BCUT2D eigenvalue weighted by Gasteiger charge is -2.07. The van der Waals surface area contributed by atoms with Gasteiger partial charge in [-0.1, -0.05) is 13.0 Å². The van der Waals surface area contributed by atoms with Crippen LogP contribution in [0.3, 0.4) is 0 Å². The molecule has 1 aliphatic carbocycles. The van der Waals surface area contributed by atoms with Gasteiger partial charge >= 0.3 is 0 Å². The number of sulfone groups is 1. The van der Waals surface area contributed by atoms with Crippen LogP contribution >= 0.6 is 0 Å². The lowest BCUT2D eigenvalue weighted by atomic mass is 10.3. The van der Waals surface area contributed by atoms with Gasteiger partial charge in [-0.25, -0.2) is 8.42 Å². The van der Waals surface area contributed by atoms with Gasteiger partial charge in [0.2, 0.25) is 0 Å². The van der Waals surface area contributed by atoms with Crippen molar-refractivity contribution in [2.75, 3.05) is 12.4 Å². The summed E-state index contributed by atoms with van der Waals surface area (Å²) >= 11 is 0. The Bertz CT molecular complexity index is 461. The molecule has 0 atom stereocenters. The largest absolute Gasteiger partial charge is 0.493 e. The summed E-state index contributed by atoms with van der Waals surface area (Å²) < 4.78 is 28.8. The Labute approximate surface area is 96.4 Å². The molecule has 1 saturated carbocycles. The summed E-state index contributed by atoms with van der Waals surface area (Å²) in [6.07, 6.45) is 2.46. The van der Waals surface area contributed by atoms with Gasteiger partial charge in [-0.05, 0) is 37.0 Å². The average molecular weight is 240 g/mol. The van der Waals surface area contributed by atoms with E-state index in [0.29, 0.717) is 23.2 Å². The lowest BCUT2D eigenvalue weighted by molar-refractivity contribution is 0.299. The second-order valence-corrected chi connectivity index (χ2v) is 6.41. The Morgan fingerprint density at radius 1 is 1.38 bits per heavy atom. The molecule has 0 aromatic heterocycles. The highest BCUT2D eigenvalue weighted by molar-refractivity contribution is 7.91. The number of benzene rings is 1. The first-order valence-electron chi connectivity index (χ1n) is 5.57. The quantitative estimate of drug-likeness (QED) is 0.793. The SMILES string of the molecule is CCS(=O)(=O)c1cccc(OCC2CC2)c1. The zero-order chi connectivity index (χ0) is 11.6. The minimum absolute atomic E-state index is 0.124. The minimum Gasteiger partial charge on any atom is -0.493 e. The fourth-order valence-electron chi connectivity index (χ4n) is 1.42. The van der Waals surface area contributed by atoms with E-state index in [0.717, 1.165) is 0 Å². The molecule has 16 heavy (non-hydrogen) atoms. The molecule has 0 aliphatic heterocycles. The third kappa shape index (κ3) is 2.76. The molecule has 1 aliphatic rings. The molecule has 1 aromatic rings. The maximum Gasteiger partial charge on any atom is 0.178 e. The second kappa shape index (κ2) is 4.45. The highest BCUT2D eigenvalue weighted by atomic mass is 32.2. The van der Waals surface area contributed by atoms with E-state index in [2.05, 4.69) is 0 Å². The summed E-state index contributed by atoms with van der Waals surface area (Å²) in [5, 5.41) is 0. The predicted octanol–water partition coefficient (Wildman–Crippen LogP) is 2.27. The number of hydrogen-bond acceptors (Lipinski definition) is 3. The Hall–Kier alpha value is -1.03. The van der Waals surface area contributed by atoms with Crippen LogP contribution in [-0.2, 0) is 9.84 Å². The summed E-state index contributed by atoms with van der Waals surface area (Å²) in [4.78, 5) is 0.350. The maximum atomic E-state index is 11.6. The van der Waals surface area contributed by atoms with E-state index in [1.807, 2.05) is 0 Å². The summed E-state index contributed by atoms with van der Waals surface area (Å²) in [7, 11) is -3.12. The van der Waals surface area contributed by atoms with E-state index in [9.17, 15) is 8.42 Å². The highest BCUT2D eigenvalue weighted by Crippen LogP contribution is 2.29. The molecule has 0 bridgehead atoms. The van der Waals surface area contributed by atoms with Gasteiger partial charge in [-0.15, -0.1) is 0 Å². The summed E-state index contributed by atoms with van der Waals surface area (Å²) in [6, 6.07) is 6.76. The third-order valence-electron chi connectivity index (χ3n) is 2.73. The zero-order valence-corrected chi connectivity index (χ0v) is 10.2. The molecular formula is C12H16O3S. The lowest BCUT2D eigenvalue weighted by Crippen LogP contribution is -2.04. The highest BCUT2D eigenvalue weighted by Gasteiger charge is 2.22. The van der Waals surface area contributed by atoms with Crippen LogP contribution in [0.15, 0.2) is 29.2 Å². The van der Waals surface area contributed by atoms with Gasteiger partial charge in [-0.2, -0.15) is 0 Å². The molecule has 0 saturated heterocycles. The van der Waals surface area contributed by atoms with E-state index >= 15 is 0 Å². The smallest absolute Gasteiger partial charge is 0.178 e. The van der Waals surface area contributed by atoms with Crippen LogP contribution in [0.1, 0.15) is 19.8 Å². The molecule has 0 unspecified atom stereocenters. The summed E-state index contributed by atoms with van der Waals surface area (Å²) in [5.41, 5.74) is 0. The monoisotopic (exact) mass is 240 g/mol. The maximum absolute atomic E-state index is 11.6. The first-order chi connectivity index (χ1) is 7.62. The molecule has 3 nitrogen and oxygen atoms in total. The van der Waals surface area contributed by atoms with E-state index in [1.54, 1.807) is 31.2 Å². The van der Waals surface area contributed by atoms with Crippen molar-refractivity contribution in [3.05, 3.63) is 24.3 Å². The van der Waals surface area contributed by atoms with E-state index in [1.165, 1.54) is 12.8 Å². The van der Waals surface area contributed by atoms with Crippen molar-refractivity contribution in [3.63, 3.8) is 0 Å². The molecule has 4 heteroatoms. The molecule has 0 amide bonds. The van der Waals surface area contributed by atoms with Gasteiger partial charge in [0.05, 0.1) is 17.3 Å². The molecule has 1 fully saturated rings. The Morgan fingerprint density at radius 2 is 2.12 bits per heavy atom. The number of rotatable bonds is 5. The van der Waals surface area contributed by atoms with Crippen LogP contribution < -0.4 is 4.74 Å². The fourth-order valence-corrected chi connectivity index (χ4v) is 2.34. The summed E-state index contributed by atoms with van der Waals surface area (Å²) in [6.45, 7) is 2.35. The van der Waals surface area contributed by atoms with Crippen LogP contribution in [0.5, 0.6) is 5.75 Å². The first kappa shape index (κ1) is 11.5. The van der Waals surface area contributed by atoms with Crippen molar-refractivity contribution in [3.8, 4) is 5.75 Å².